The van der Waals surface area contributed by atoms with Gasteiger partial charge in [0.1, 0.15) is 6.04 Å². The van der Waals surface area contributed by atoms with E-state index >= 15 is 0 Å². The average molecular weight is 257 g/mol. The smallest absolute Gasteiger partial charge is 0.326 e. The number of nitrogen functional groups attached to an aromatic ring is 1. The number of aliphatic carboxylic acids is 2. The Morgan fingerprint density at radius 2 is 2.06 bits per heavy atom. The second kappa shape index (κ2) is 5.61. The molecule has 6 N–H and O–H groups in total. The zero-order chi connectivity index (χ0) is 13.7. The highest BCUT2D eigenvalue weighted by molar-refractivity contribution is 5.93. The topological polar surface area (TPSA) is 171 Å². The van der Waals surface area contributed by atoms with Crippen LogP contribution in [0.3, 0.4) is 0 Å². The van der Waals surface area contributed by atoms with E-state index in [1.165, 1.54) is 0 Å². The minimum atomic E-state index is -1.34. The molecular formula is C8H11N5O5. The summed E-state index contributed by atoms with van der Waals surface area (Å²) in [6.45, 7) is 0. The Balaban J connectivity index is 2.63. The van der Waals surface area contributed by atoms with Gasteiger partial charge in [0.15, 0.2) is 0 Å². The number of aromatic amines is 1. The highest BCUT2D eigenvalue weighted by atomic mass is 16.4. The van der Waals surface area contributed by atoms with Crippen molar-refractivity contribution in [2.45, 2.75) is 18.9 Å². The fourth-order valence-corrected chi connectivity index (χ4v) is 1.13. The summed E-state index contributed by atoms with van der Waals surface area (Å²) in [5, 5.41) is 25.0. The van der Waals surface area contributed by atoms with E-state index in [2.05, 4.69) is 20.5 Å². The van der Waals surface area contributed by atoms with Gasteiger partial charge in [0, 0.05) is 6.42 Å². The lowest BCUT2D eigenvalue weighted by atomic mass is 10.1. The van der Waals surface area contributed by atoms with Crippen LogP contribution in [0, 0.1) is 0 Å². The number of rotatable bonds is 6. The zero-order valence-corrected chi connectivity index (χ0v) is 9.08. The molecule has 1 aromatic heterocycles. The first kappa shape index (κ1) is 13.4. The standard InChI is InChI=1S/C8H11N5O5/c9-8-11-5(12-13-8)6(16)10-3(7(17)18)1-2-4(14)15/h3H,1-2H2,(H,10,16)(H,14,15)(H,17,18)(H3,9,11,12,13)/t3-/m0/s1. The molecule has 1 atom stereocenters. The predicted molar refractivity (Wildman–Crippen MR) is 56.6 cm³/mol. The van der Waals surface area contributed by atoms with Crippen LogP contribution in [-0.2, 0) is 9.59 Å². The molecule has 0 unspecified atom stereocenters. The summed E-state index contributed by atoms with van der Waals surface area (Å²) in [5.74, 6) is -3.71. The van der Waals surface area contributed by atoms with E-state index in [0.29, 0.717) is 0 Å². The number of anilines is 1. The van der Waals surface area contributed by atoms with E-state index in [9.17, 15) is 14.4 Å². The Morgan fingerprint density at radius 1 is 1.39 bits per heavy atom. The Labute approximate surface area is 100 Å². The van der Waals surface area contributed by atoms with Crippen molar-refractivity contribution in [2.24, 2.45) is 0 Å². The van der Waals surface area contributed by atoms with Gasteiger partial charge in [-0.1, -0.05) is 0 Å². The first-order chi connectivity index (χ1) is 8.40. The molecule has 0 saturated heterocycles. The second-order valence-corrected chi connectivity index (χ2v) is 3.34. The number of amides is 1. The van der Waals surface area contributed by atoms with E-state index in [1.54, 1.807) is 0 Å². The Morgan fingerprint density at radius 3 is 2.50 bits per heavy atom. The first-order valence-corrected chi connectivity index (χ1v) is 4.83. The third kappa shape index (κ3) is 3.73. The number of carbonyl (C=O) groups is 3. The summed E-state index contributed by atoms with van der Waals surface area (Å²) < 4.78 is 0. The molecule has 98 valence electrons. The largest absolute Gasteiger partial charge is 0.481 e. The van der Waals surface area contributed by atoms with Crippen LogP contribution in [0.4, 0.5) is 5.95 Å². The number of H-pyrrole nitrogens is 1. The van der Waals surface area contributed by atoms with Gasteiger partial charge in [0.2, 0.25) is 11.8 Å². The fourth-order valence-electron chi connectivity index (χ4n) is 1.13. The maximum absolute atomic E-state index is 11.5. The molecule has 1 rings (SSSR count). The fraction of sp³-hybridized carbons (Fsp3) is 0.375. The molecule has 0 saturated carbocycles. The van der Waals surface area contributed by atoms with E-state index in [4.69, 9.17) is 15.9 Å². The molecule has 0 aliphatic rings. The molecule has 18 heavy (non-hydrogen) atoms. The van der Waals surface area contributed by atoms with Crippen molar-refractivity contribution in [2.75, 3.05) is 5.73 Å². The molecule has 0 bridgehead atoms. The van der Waals surface area contributed by atoms with Crippen LogP contribution in [0.25, 0.3) is 0 Å². The number of carboxylic acid groups (broad SMARTS) is 2. The number of aromatic nitrogens is 3. The van der Waals surface area contributed by atoms with Crippen molar-refractivity contribution in [3.05, 3.63) is 5.82 Å². The molecule has 1 heterocycles. The highest BCUT2D eigenvalue weighted by Gasteiger charge is 2.23. The van der Waals surface area contributed by atoms with Crippen molar-refractivity contribution in [1.82, 2.24) is 20.5 Å². The normalized spacial score (nSPS) is 11.8. The van der Waals surface area contributed by atoms with E-state index in [-0.39, 0.29) is 24.6 Å². The summed E-state index contributed by atoms with van der Waals surface area (Å²) in [7, 11) is 0. The molecule has 0 spiro atoms. The summed E-state index contributed by atoms with van der Waals surface area (Å²) in [5.41, 5.74) is 5.18. The highest BCUT2D eigenvalue weighted by Crippen LogP contribution is 2.00. The molecule has 0 radical (unpaired) electrons. The number of hydrogen-bond acceptors (Lipinski definition) is 6. The van der Waals surface area contributed by atoms with E-state index < -0.39 is 23.9 Å². The molecule has 1 aromatic rings. The van der Waals surface area contributed by atoms with Crippen LogP contribution >= 0.6 is 0 Å². The van der Waals surface area contributed by atoms with Crippen LogP contribution in [0.2, 0.25) is 0 Å². The van der Waals surface area contributed by atoms with Crippen LogP contribution in [0.5, 0.6) is 0 Å². The third-order valence-corrected chi connectivity index (χ3v) is 1.97. The molecule has 0 fully saturated rings. The summed E-state index contributed by atoms with van der Waals surface area (Å²) >= 11 is 0. The van der Waals surface area contributed by atoms with Gasteiger partial charge in [-0.3, -0.25) is 14.7 Å². The summed E-state index contributed by atoms with van der Waals surface area (Å²) in [6.07, 6.45) is -0.615. The van der Waals surface area contributed by atoms with Gasteiger partial charge in [-0.05, 0) is 6.42 Å². The van der Waals surface area contributed by atoms with Crippen LogP contribution < -0.4 is 11.1 Å². The monoisotopic (exact) mass is 257 g/mol. The van der Waals surface area contributed by atoms with Crippen molar-refractivity contribution in [1.29, 1.82) is 0 Å². The van der Waals surface area contributed by atoms with Crippen molar-refractivity contribution < 1.29 is 24.6 Å². The molecule has 10 nitrogen and oxygen atoms in total. The van der Waals surface area contributed by atoms with Gasteiger partial charge >= 0.3 is 11.9 Å². The maximum Gasteiger partial charge on any atom is 0.326 e. The zero-order valence-electron chi connectivity index (χ0n) is 9.08. The number of nitrogens with one attached hydrogen (secondary N) is 2. The quantitative estimate of drug-likeness (QED) is 0.406. The summed E-state index contributed by atoms with van der Waals surface area (Å²) in [4.78, 5) is 36.2. The lowest BCUT2D eigenvalue weighted by molar-refractivity contribution is -0.140. The average Bonchev–Trinajstić information content (AvgIpc) is 2.70. The van der Waals surface area contributed by atoms with Crippen LogP contribution in [-0.4, -0.2) is 49.3 Å². The van der Waals surface area contributed by atoms with Crippen LogP contribution in [0.1, 0.15) is 23.5 Å². The van der Waals surface area contributed by atoms with Gasteiger partial charge < -0.3 is 21.3 Å². The molecule has 0 aromatic carbocycles. The predicted octanol–water partition coefficient (Wildman–Crippen LogP) is -1.57. The Kier molecular flexibility index (Phi) is 4.18. The first-order valence-electron chi connectivity index (χ1n) is 4.83. The van der Waals surface area contributed by atoms with Gasteiger partial charge in [-0.15, -0.1) is 5.10 Å². The van der Waals surface area contributed by atoms with E-state index in [1.807, 2.05) is 0 Å². The number of carboxylic acids is 2. The number of nitrogens with zero attached hydrogens (tertiary/aromatic N) is 2. The van der Waals surface area contributed by atoms with Gasteiger partial charge in [0.05, 0.1) is 0 Å². The third-order valence-electron chi connectivity index (χ3n) is 1.97. The van der Waals surface area contributed by atoms with Gasteiger partial charge in [0.25, 0.3) is 5.91 Å². The second-order valence-electron chi connectivity index (χ2n) is 3.34. The molecule has 0 aliphatic heterocycles. The summed E-state index contributed by atoms with van der Waals surface area (Å²) in [6, 6.07) is -1.32. The Bertz CT molecular complexity index is 470. The SMILES string of the molecule is Nc1n[nH]c(C(=O)N[C@@H](CCC(=O)O)C(=O)O)n1. The van der Waals surface area contributed by atoms with Crippen LogP contribution in [0.15, 0.2) is 0 Å². The lowest BCUT2D eigenvalue weighted by Crippen LogP contribution is -2.41. The molecule has 0 aliphatic carbocycles. The molecular weight excluding hydrogens is 246 g/mol. The lowest BCUT2D eigenvalue weighted by Gasteiger charge is -2.11. The molecule has 1 amide bonds. The maximum atomic E-state index is 11.5. The Hall–Kier alpha value is -2.65. The van der Waals surface area contributed by atoms with Crippen molar-refractivity contribution >= 4 is 23.8 Å². The van der Waals surface area contributed by atoms with E-state index in [0.717, 1.165) is 0 Å². The minimum absolute atomic E-state index is 0.155. The van der Waals surface area contributed by atoms with Crippen molar-refractivity contribution in [3.63, 3.8) is 0 Å². The molecule has 10 heteroatoms. The number of nitrogens with two attached hydrogens (primary N) is 1. The minimum Gasteiger partial charge on any atom is -0.481 e. The number of carbonyl (C=O) groups excluding carboxylic acids is 1. The van der Waals surface area contributed by atoms with Crippen molar-refractivity contribution in [3.8, 4) is 0 Å². The number of hydrogen-bond donors (Lipinski definition) is 5. The van der Waals surface area contributed by atoms with Gasteiger partial charge in [-0.2, -0.15) is 4.98 Å². The van der Waals surface area contributed by atoms with Gasteiger partial charge in [-0.25, -0.2) is 4.79 Å².